The van der Waals surface area contributed by atoms with Gasteiger partial charge in [-0.25, -0.2) is 4.79 Å². The number of halogens is 6. The van der Waals surface area contributed by atoms with Crippen LogP contribution in [-0.4, -0.2) is 43.3 Å². The highest BCUT2D eigenvalue weighted by atomic mass is 19.4. The maximum atomic E-state index is 13.1. The minimum absolute atomic E-state index is 0.123. The minimum Gasteiger partial charge on any atom is -0.406 e. The molecule has 1 heterocycles. The fourth-order valence-corrected chi connectivity index (χ4v) is 5.00. The summed E-state index contributed by atoms with van der Waals surface area (Å²) in [6, 6.07) is 19.1. The highest BCUT2D eigenvalue weighted by Gasteiger charge is 2.39. The zero-order valence-electron chi connectivity index (χ0n) is 21.4. The van der Waals surface area contributed by atoms with E-state index in [1.165, 1.54) is 24.3 Å². The topological polar surface area (TPSA) is 50.8 Å². The molecule has 11 heteroatoms. The molecule has 2 amide bonds. The number of rotatable bonds is 8. The Morgan fingerprint density at radius 2 is 1.25 bits per heavy atom. The first-order valence-electron chi connectivity index (χ1n) is 12.7. The van der Waals surface area contributed by atoms with E-state index in [-0.39, 0.29) is 19.0 Å². The number of piperidine rings is 1. The van der Waals surface area contributed by atoms with Crippen LogP contribution in [0.15, 0.2) is 78.9 Å². The zero-order valence-corrected chi connectivity index (χ0v) is 21.4. The number of hydrogen-bond acceptors (Lipinski definition) is 3. The molecule has 0 saturated carbocycles. The van der Waals surface area contributed by atoms with Gasteiger partial charge in [-0.05, 0) is 66.6 Å². The van der Waals surface area contributed by atoms with Crippen molar-refractivity contribution in [3.8, 4) is 11.5 Å². The number of benzene rings is 3. The number of carbonyl (C=O) groups is 1. The number of likely N-dealkylation sites (tertiary alicyclic amines) is 1. The molecule has 3 aromatic carbocycles. The molecule has 1 aliphatic rings. The van der Waals surface area contributed by atoms with E-state index in [9.17, 15) is 31.1 Å². The predicted molar refractivity (Wildman–Crippen MR) is 136 cm³/mol. The van der Waals surface area contributed by atoms with Crippen molar-refractivity contribution < 1.29 is 40.6 Å². The molecule has 0 aliphatic carbocycles. The predicted octanol–water partition coefficient (Wildman–Crippen LogP) is 7.21. The van der Waals surface area contributed by atoms with Crippen LogP contribution in [0.1, 0.15) is 36.0 Å². The van der Waals surface area contributed by atoms with Gasteiger partial charge in [0.1, 0.15) is 11.5 Å². The zero-order chi connectivity index (χ0) is 28.8. The maximum Gasteiger partial charge on any atom is 0.573 e. The van der Waals surface area contributed by atoms with Gasteiger partial charge >= 0.3 is 18.8 Å². The molecule has 0 bridgehead atoms. The summed E-state index contributed by atoms with van der Waals surface area (Å²) >= 11 is 0. The van der Waals surface area contributed by atoms with Crippen molar-refractivity contribution in [2.45, 2.75) is 43.8 Å². The first-order chi connectivity index (χ1) is 18.9. The van der Waals surface area contributed by atoms with E-state index >= 15 is 0 Å². The fourth-order valence-electron chi connectivity index (χ4n) is 5.00. The van der Waals surface area contributed by atoms with Gasteiger partial charge in [0.2, 0.25) is 0 Å². The third-order valence-corrected chi connectivity index (χ3v) is 6.77. The Morgan fingerprint density at radius 1 is 0.725 bits per heavy atom. The average molecular weight is 567 g/mol. The summed E-state index contributed by atoms with van der Waals surface area (Å²) in [4.78, 5) is 14.8. The first-order valence-corrected chi connectivity index (χ1v) is 12.7. The number of carbonyl (C=O) groups excluding carboxylic acids is 1. The van der Waals surface area contributed by atoms with Crippen LogP contribution in [0.4, 0.5) is 31.1 Å². The molecule has 4 rings (SSSR count). The number of nitrogens with zero attached hydrogens (tertiary/aromatic N) is 1. The van der Waals surface area contributed by atoms with Crippen LogP contribution in [0.2, 0.25) is 0 Å². The number of ether oxygens (including phenoxy) is 2. The quantitative estimate of drug-likeness (QED) is 0.293. The van der Waals surface area contributed by atoms with E-state index < -0.39 is 29.6 Å². The molecule has 0 aromatic heterocycles. The summed E-state index contributed by atoms with van der Waals surface area (Å²) in [5.74, 6) is -0.986. The minimum atomic E-state index is -4.95. The van der Waals surface area contributed by atoms with Crippen molar-refractivity contribution in [1.29, 1.82) is 0 Å². The molecule has 1 N–H and O–H groups in total. The molecule has 0 radical (unpaired) electrons. The van der Waals surface area contributed by atoms with Crippen LogP contribution < -0.4 is 14.8 Å². The van der Waals surface area contributed by atoms with Crippen molar-refractivity contribution in [1.82, 2.24) is 10.2 Å². The Kier molecular flexibility index (Phi) is 8.80. The summed E-state index contributed by atoms with van der Waals surface area (Å²) in [6.07, 6.45) is -7.08. The highest BCUT2D eigenvalue weighted by molar-refractivity contribution is 5.74. The second-order valence-electron chi connectivity index (χ2n) is 9.60. The lowest BCUT2D eigenvalue weighted by Gasteiger charge is -2.37. The Balaban J connectivity index is 1.84. The summed E-state index contributed by atoms with van der Waals surface area (Å²) < 4.78 is 86.9. The van der Waals surface area contributed by atoms with E-state index in [4.69, 9.17) is 0 Å². The number of urea groups is 1. The molecule has 40 heavy (non-hydrogen) atoms. The second kappa shape index (κ2) is 12.1. The summed E-state index contributed by atoms with van der Waals surface area (Å²) in [7, 11) is 0. The van der Waals surface area contributed by atoms with Gasteiger partial charge in [-0.15, -0.1) is 26.3 Å². The molecule has 3 aromatic rings. The molecular formula is C29H28F6N2O3. The van der Waals surface area contributed by atoms with Gasteiger partial charge in [0.05, 0.1) is 0 Å². The van der Waals surface area contributed by atoms with Gasteiger partial charge in [-0.1, -0.05) is 54.6 Å². The number of amides is 2. The molecule has 0 spiro atoms. The Bertz CT molecular complexity index is 1220. The molecule has 5 nitrogen and oxygen atoms in total. The van der Waals surface area contributed by atoms with Crippen molar-refractivity contribution in [2.24, 2.45) is 0 Å². The normalized spacial score (nSPS) is 14.5. The SMILES string of the molecule is O=C(NCC(Cc1ccccc1)(c1cccc(OC(F)(F)F)c1)c1cccc(OC(F)(F)F)c1)N1CCCCC1. The molecular weight excluding hydrogens is 538 g/mol. The van der Waals surface area contributed by atoms with Crippen LogP contribution in [0.3, 0.4) is 0 Å². The third-order valence-electron chi connectivity index (χ3n) is 6.77. The smallest absolute Gasteiger partial charge is 0.406 e. The Labute approximate surface area is 227 Å². The van der Waals surface area contributed by atoms with Crippen molar-refractivity contribution in [3.63, 3.8) is 0 Å². The van der Waals surface area contributed by atoms with Crippen molar-refractivity contribution >= 4 is 6.03 Å². The molecule has 1 aliphatic heterocycles. The number of alkyl halides is 6. The highest BCUT2D eigenvalue weighted by Crippen LogP contribution is 2.40. The summed E-state index contributed by atoms with van der Waals surface area (Å²) in [5.41, 5.74) is 0.0596. The molecule has 0 atom stereocenters. The van der Waals surface area contributed by atoms with E-state index in [0.717, 1.165) is 37.0 Å². The van der Waals surface area contributed by atoms with Gasteiger partial charge < -0.3 is 19.7 Å². The van der Waals surface area contributed by atoms with Gasteiger partial charge in [0.15, 0.2) is 0 Å². The van der Waals surface area contributed by atoms with E-state index in [0.29, 0.717) is 24.2 Å². The fraction of sp³-hybridized carbons (Fsp3) is 0.345. The lowest BCUT2D eigenvalue weighted by atomic mass is 9.70. The van der Waals surface area contributed by atoms with E-state index in [1.807, 2.05) is 0 Å². The molecule has 1 fully saturated rings. The summed E-state index contributed by atoms with van der Waals surface area (Å²) in [6.45, 7) is 0.991. The maximum absolute atomic E-state index is 13.1. The van der Waals surface area contributed by atoms with E-state index in [2.05, 4.69) is 14.8 Å². The van der Waals surface area contributed by atoms with Crippen LogP contribution in [0.25, 0.3) is 0 Å². The Hall–Kier alpha value is -3.89. The summed E-state index contributed by atoms with van der Waals surface area (Å²) in [5, 5.41) is 2.91. The monoisotopic (exact) mass is 566 g/mol. The lowest BCUT2D eigenvalue weighted by Crippen LogP contribution is -2.49. The largest absolute Gasteiger partial charge is 0.573 e. The van der Waals surface area contributed by atoms with Crippen molar-refractivity contribution in [2.75, 3.05) is 19.6 Å². The van der Waals surface area contributed by atoms with Gasteiger partial charge in [0, 0.05) is 25.0 Å². The number of nitrogens with one attached hydrogen (secondary N) is 1. The third kappa shape index (κ3) is 7.83. The van der Waals surface area contributed by atoms with Gasteiger partial charge in [-0.2, -0.15) is 0 Å². The van der Waals surface area contributed by atoms with Crippen LogP contribution >= 0.6 is 0 Å². The lowest BCUT2D eigenvalue weighted by molar-refractivity contribution is -0.275. The van der Waals surface area contributed by atoms with E-state index in [1.54, 1.807) is 47.4 Å². The van der Waals surface area contributed by atoms with Crippen LogP contribution in [0, 0.1) is 0 Å². The average Bonchev–Trinajstić information content (AvgIpc) is 2.90. The first kappa shape index (κ1) is 29.1. The standard InChI is InChI=1S/C29H28F6N2O3/c30-28(31,32)39-24-13-7-11-22(17-24)27(19-21-9-3-1-4-10-21,20-36-26(38)37-15-5-2-6-16-37)23-12-8-14-25(18-23)40-29(33,34)35/h1,3-4,7-14,17-18H,2,5-6,15-16,19-20H2,(H,36,38). The van der Waals surface area contributed by atoms with Gasteiger partial charge in [-0.3, -0.25) is 0 Å². The van der Waals surface area contributed by atoms with Crippen LogP contribution in [-0.2, 0) is 11.8 Å². The molecule has 1 saturated heterocycles. The molecule has 0 unspecified atom stereocenters. The second-order valence-corrected chi connectivity index (χ2v) is 9.60. The van der Waals surface area contributed by atoms with Gasteiger partial charge in [0.25, 0.3) is 0 Å². The Morgan fingerprint density at radius 3 is 1.75 bits per heavy atom. The molecule has 214 valence electrons. The van der Waals surface area contributed by atoms with Crippen LogP contribution in [0.5, 0.6) is 11.5 Å². The number of hydrogen-bond donors (Lipinski definition) is 1. The van der Waals surface area contributed by atoms with Crippen molar-refractivity contribution in [3.05, 3.63) is 95.6 Å².